The number of furan rings is 1. The summed E-state index contributed by atoms with van der Waals surface area (Å²) in [6.45, 7) is 6.14. The van der Waals surface area contributed by atoms with Crippen molar-refractivity contribution in [2.45, 2.75) is 13.0 Å². The van der Waals surface area contributed by atoms with E-state index < -0.39 is 0 Å². The first-order valence-electron chi connectivity index (χ1n) is 11.2. The molecule has 1 saturated heterocycles. The first kappa shape index (κ1) is 22.7. The Bertz CT molecular complexity index is 1000. The van der Waals surface area contributed by atoms with Gasteiger partial charge in [-0.3, -0.25) is 4.90 Å². The topological polar surface area (TPSA) is 70.0 Å². The molecule has 1 aromatic heterocycles. The van der Waals surface area contributed by atoms with Crippen molar-refractivity contribution < 1.29 is 18.3 Å². The van der Waals surface area contributed by atoms with Crippen LogP contribution in [0, 0.1) is 5.82 Å². The van der Waals surface area contributed by atoms with Gasteiger partial charge < -0.3 is 24.7 Å². The molecule has 3 aromatic rings. The zero-order valence-electron chi connectivity index (χ0n) is 18.7. The van der Waals surface area contributed by atoms with Crippen molar-refractivity contribution in [2.24, 2.45) is 0 Å². The van der Waals surface area contributed by atoms with Gasteiger partial charge in [0.1, 0.15) is 17.3 Å². The Balaban J connectivity index is 1.33. The van der Waals surface area contributed by atoms with Crippen LogP contribution >= 0.6 is 0 Å². The van der Waals surface area contributed by atoms with Crippen LogP contribution in [0.4, 0.5) is 20.6 Å². The Morgan fingerprint density at radius 3 is 2.42 bits per heavy atom. The number of hydrogen-bond acceptors (Lipinski definition) is 5. The zero-order valence-corrected chi connectivity index (χ0v) is 18.7. The van der Waals surface area contributed by atoms with Crippen LogP contribution in [0.5, 0.6) is 5.75 Å². The summed E-state index contributed by atoms with van der Waals surface area (Å²) in [5, 5.41) is 5.82. The highest BCUT2D eigenvalue weighted by molar-refractivity contribution is 5.89. The molecule has 2 heterocycles. The third kappa shape index (κ3) is 6.04. The SMILES string of the molecule is CCOc1ccc(NC(=O)NCC(c2ccco2)N2CCN(c3ccc(F)cc3)CC2)cc1. The first-order valence-corrected chi connectivity index (χ1v) is 11.2. The number of carbonyl (C=O) groups excluding carboxylic acids is 1. The first-order chi connectivity index (χ1) is 16.1. The maximum atomic E-state index is 13.2. The lowest BCUT2D eigenvalue weighted by molar-refractivity contribution is 0.162. The van der Waals surface area contributed by atoms with Gasteiger partial charge in [-0.1, -0.05) is 0 Å². The average Bonchev–Trinajstić information content (AvgIpc) is 3.36. The molecule has 1 aliphatic heterocycles. The van der Waals surface area contributed by atoms with Crippen molar-refractivity contribution in [3.8, 4) is 5.75 Å². The van der Waals surface area contributed by atoms with E-state index in [1.54, 1.807) is 6.26 Å². The zero-order chi connectivity index (χ0) is 23.0. The van der Waals surface area contributed by atoms with Crippen molar-refractivity contribution in [3.05, 3.63) is 78.5 Å². The molecule has 2 amide bonds. The van der Waals surface area contributed by atoms with Gasteiger partial charge in [-0.2, -0.15) is 0 Å². The summed E-state index contributed by atoms with van der Waals surface area (Å²) >= 11 is 0. The predicted molar refractivity (Wildman–Crippen MR) is 126 cm³/mol. The number of piperazine rings is 1. The molecule has 0 saturated carbocycles. The second-order valence-corrected chi connectivity index (χ2v) is 7.82. The number of nitrogens with one attached hydrogen (secondary N) is 2. The van der Waals surface area contributed by atoms with Gasteiger partial charge in [-0.05, 0) is 67.6 Å². The molecule has 0 radical (unpaired) electrons. The number of urea groups is 1. The Kier molecular flexibility index (Phi) is 7.47. The average molecular weight is 453 g/mol. The maximum Gasteiger partial charge on any atom is 0.319 e. The van der Waals surface area contributed by atoms with E-state index in [1.807, 2.05) is 55.5 Å². The van der Waals surface area contributed by atoms with Crippen LogP contribution in [0.3, 0.4) is 0 Å². The minimum Gasteiger partial charge on any atom is -0.494 e. The Morgan fingerprint density at radius 1 is 1.06 bits per heavy atom. The minimum absolute atomic E-state index is 0.0820. The lowest BCUT2D eigenvalue weighted by Gasteiger charge is -2.39. The van der Waals surface area contributed by atoms with Crippen molar-refractivity contribution in [1.29, 1.82) is 0 Å². The van der Waals surface area contributed by atoms with Crippen LogP contribution in [0.2, 0.25) is 0 Å². The van der Waals surface area contributed by atoms with Crippen LogP contribution < -0.4 is 20.3 Å². The third-order valence-corrected chi connectivity index (χ3v) is 5.70. The monoisotopic (exact) mass is 452 g/mol. The molecule has 2 aromatic carbocycles. The molecular weight excluding hydrogens is 423 g/mol. The Morgan fingerprint density at radius 2 is 1.79 bits per heavy atom. The molecule has 0 spiro atoms. The van der Waals surface area contributed by atoms with Gasteiger partial charge in [0.05, 0.1) is 18.9 Å². The van der Waals surface area contributed by atoms with E-state index in [9.17, 15) is 9.18 Å². The molecule has 1 atom stereocenters. The van der Waals surface area contributed by atoms with E-state index in [-0.39, 0.29) is 17.9 Å². The number of carbonyl (C=O) groups is 1. The quantitative estimate of drug-likeness (QED) is 0.527. The predicted octanol–water partition coefficient (Wildman–Crippen LogP) is 4.50. The van der Waals surface area contributed by atoms with Crippen molar-refractivity contribution >= 4 is 17.4 Å². The summed E-state index contributed by atoms with van der Waals surface area (Å²) in [5.41, 5.74) is 1.71. The standard InChI is InChI=1S/C25H29FN4O3/c1-2-32-22-11-7-20(8-12-22)28-25(31)27-18-23(24-4-3-17-33-24)30-15-13-29(14-16-30)21-9-5-19(26)6-10-21/h3-12,17,23H,2,13-16,18H2,1H3,(H2,27,28,31). The van der Waals surface area contributed by atoms with Gasteiger partial charge in [-0.25, -0.2) is 9.18 Å². The number of amides is 2. The lowest BCUT2D eigenvalue weighted by atomic mass is 10.1. The summed E-state index contributed by atoms with van der Waals surface area (Å²) in [7, 11) is 0. The van der Waals surface area contributed by atoms with Gasteiger partial charge in [0.25, 0.3) is 0 Å². The molecular formula is C25H29FN4O3. The van der Waals surface area contributed by atoms with E-state index in [0.29, 0.717) is 18.8 Å². The molecule has 7 nitrogen and oxygen atoms in total. The Labute approximate surface area is 193 Å². The van der Waals surface area contributed by atoms with Crippen LogP contribution in [-0.4, -0.2) is 50.3 Å². The molecule has 1 unspecified atom stereocenters. The molecule has 174 valence electrons. The summed E-state index contributed by atoms with van der Waals surface area (Å²) in [4.78, 5) is 17.0. The maximum absolute atomic E-state index is 13.2. The number of halogens is 1. The second-order valence-electron chi connectivity index (χ2n) is 7.82. The molecule has 2 N–H and O–H groups in total. The highest BCUT2D eigenvalue weighted by Gasteiger charge is 2.27. The fourth-order valence-corrected chi connectivity index (χ4v) is 4.00. The molecule has 1 aliphatic rings. The highest BCUT2D eigenvalue weighted by atomic mass is 19.1. The number of rotatable bonds is 8. The van der Waals surface area contributed by atoms with Crippen LogP contribution in [0.1, 0.15) is 18.7 Å². The van der Waals surface area contributed by atoms with Gasteiger partial charge in [0.15, 0.2) is 0 Å². The van der Waals surface area contributed by atoms with Gasteiger partial charge in [0, 0.05) is 44.1 Å². The molecule has 33 heavy (non-hydrogen) atoms. The van der Waals surface area contributed by atoms with E-state index in [1.165, 1.54) is 12.1 Å². The molecule has 8 heteroatoms. The molecule has 0 aliphatic carbocycles. The van der Waals surface area contributed by atoms with Gasteiger partial charge in [0.2, 0.25) is 0 Å². The van der Waals surface area contributed by atoms with Crippen LogP contribution in [0.25, 0.3) is 0 Å². The van der Waals surface area contributed by atoms with Crippen LogP contribution in [-0.2, 0) is 0 Å². The van der Waals surface area contributed by atoms with E-state index in [0.717, 1.165) is 43.4 Å². The summed E-state index contributed by atoms with van der Waals surface area (Å²) < 4.78 is 24.3. The number of anilines is 2. The van der Waals surface area contributed by atoms with E-state index in [2.05, 4.69) is 20.4 Å². The normalized spacial score (nSPS) is 15.2. The lowest BCUT2D eigenvalue weighted by Crippen LogP contribution is -2.50. The molecule has 1 fully saturated rings. The van der Waals surface area contributed by atoms with E-state index >= 15 is 0 Å². The number of benzene rings is 2. The Hall–Kier alpha value is -3.52. The number of ether oxygens (including phenoxy) is 1. The third-order valence-electron chi connectivity index (χ3n) is 5.70. The molecule has 4 rings (SSSR count). The summed E-state index contributed by atoms with van der Waals surface area (Å²) in [6, 6.07) is 17.3. The fraction of sp³-hybridized carbons (Fsp3) is 0.320. The van der Waals surface area contributed by atoms with Crippen molar-refractivity contribution in [1.82, 2.24) is 10.2 Å². The number of hydrogen-bond donors (Lipinski definition) is 2. The summed E-state index contributed by atoms with van der Waals surface area (Å²) in [6.07, 6.45) is 1.65. The fourth-order valence-electron chi connectivity index (χ4n) is 4.00. The second kappa shape index (κ2) is 10.9. The number of nitrogens with zero attached hydrogens (tertiary/aromatic N) is 2. The summed E-state index contributed by atoms with van der Waals surface area (Å²) in [5.74, 6) is 1.34. The van der Waals surface area contributed by atoms with Crippen molar-refractivity contribution in [2.75, 3.05) is 49.5 Å². The largest absolute Gasteiger partial charge is 0.494 e. The smallest absolute Gasteiger partial charge is 0.319 e. The van der Waals surface area contributed by atoms with Crippen LogP contribution in [0.15, 0.2) is 71.3 Å². The van der Waals surface area contributed by atoms with E-state index in [4.69, 9.17) is 9.15 Å². The van der Waals surface area contributed by atoms with Gasteiger partial charge >= 0.3 is 6.03 Å². The van der Waals surface area contributed by atoms with Crippen molar-refractivity contribution in [3.63, 3.8) is 0 Å². The highest BCUT2D eigenvalue weighted by Crippen LogP contribution is 2.24. The minimum atomic E-state index is -0.277. The van der Waals surface area contributed by atoms with Gasteiger partial charge in [-0.15, -0.1) is 0 Å². The molecule has 0 bridgehead atoms.